The van der Waals surface area contributed by atoms with Crippen LogP contribution in [0.15, 0.2) is 47.4 Å². The number of methoxy groups -OCH3 is 1. The number of aryl methyl sites for hydroxylation is 1. The highest BCUT2D eigenvalue weighted by Crippen LogP contribution is 2.06. The van der Waals surface area contributed by atoms with Crippen LogP contribution in [-0.2, 0) is 11.3 Å². The normalized spacial score (nSPS) is 12.0. The zero-order valence-corrected chi connectivity index (χ0v) is 14.6. The van der Waals surface area contributed by atoms with Crippen molar-refractivity contribution in [2.45, 2.75) is 25.9 Å². The Bertz CT molecular complexity index is 764. The van der Waals surface area contributed by atoms with E-state index in [0.717, 1.165) is 11.1 Å². The third kappa shape index (κ3) is 5.27. The SMILES string of the molecule is COC[C@@H](CCO)NC(=O)c1cccn(Cc2cccc(C)c2)c1=O. The number of aliphatic hydroxyl groups is 1. The number of hydrogen-bond acceptors (Lipinski definition) is 4. The van der Waals surface area contributed by atoms with Crippen LogP contribution >= 0.6 is 0 Å². The van der Waals surface area contributed by atoms with Crippen molar-refractivity contribution in [2.75, 3.05) is 20.3 Å². The summed E-state index contributed by atoms with van der Waals surface area (Å²) in [6.45, 7) is 2.60. The predicted molar refractivity (Wildman–Crippen MR) is 95.8 cm³/mol. The van der Waals surface area contributed by atoms with Gasteiger partial charge in [-0.2, -0.15) is 0 Å². The Hall–Kier alpha value is -2.44. The number of rotatable bonds is 8. The molecule has 0 aliphatic rings. The molecular formula is C19H24N2O4. The fourth-order valence-corrected chi connectivity index (χ4v) is 2.66. The first kappa shape index (κ1) is 18.9. The largest absolute Gasteiger partial charge is 0.396 e. The predicted octanol–water partition coefficient (Wildman–Crippen LogP) is 1.33. The van der Waals surface area contributed by atoms with Crippen LogP contribution in [0.5, 0.6) is 0 Å². The van der Waals surface area contributed by atoms with Crippen LogP contribution in [0.3, 0.4) is 0 Å². The second-order valence-corrected chi connectivity index (χ2v) is 5.98. The fourth-order valence-electron chi connectivity index (χ4n) is 2.66. The molecule has 0 unspecified atom stereocenters. The van der Waals surface area contributed by atoms with E-state index < -0.39 is 5.91 Å². The van der Waals surface area contributed by atoms with Gasteiger partial charge >= 0.3 is 0 Å². The van der Waals surface area contributed by atoms with Gasteiger partial charge in [0.1, 0.15) is 5.56 Å². The van der Waals surface area contributed by atoms with Crippen molar-refractivity contribution in [2.24, 2.45) is 0 Å². The number of aromatic nitrogens is 1. The molecule has 1 aromatic carbocycles. The number of ether oxygens (including phenoxy) is 1. The number of amides is 1. The van der Waals surface area contributed by atoms with E-state index in [0.29, 0.717) is 13.0 Å². The van der Waals surface area contributed by atoms with E-state index in [9.17, 15) is 9.59 Å². The highest BCUT2D eigenvalue weighted by Gasteiger charge is 2.17. The third-order valence-electron chi connectivity index (χ3n) is 3.88. The first-order valence-electron chi connectivity index (χ1n) is 8.20. The standard InChI is InChI=1S/C19H24N2O4/c1-14-5-3-6-15(11-14)12-21-9-4-7-17(19(21)24)18(23)20-16(8-10-22)13-25-2/h3-7,9,11,16,22H,8,10,12-13H2,1-2H3,(H,20,23)/t16-/m1/s1. The van der Waals surface area contributed by atoms with Gasteiger partial charge in [0, 0.05) is 19.9 Å². The summed E-state index contributed by atoms with van der Waals surface area (Å²) in [6, 6.07) is 10.7. The molecule has 0 saturated carbocycles. The molecule has 2 rings (SSSR count). The highest BCUT2D eigenvalue weighted by atomic mass is 16.5. The number of carbonyl (C=O) groups is 1. The monoisotopic (exact) mass is 344 g/mol. The van der Waals surface area contributed by atoms with E-state index >= 15 is 0 Å². The van der Waals surface area contributed by atoms with Gasteiger partial charge in [-0.05, 0) is 31.0 Å². The lowest BCUT2D eigenvalue weighted by Crippen LogP contribution is -2.41. The number of aliphatic hydroxyl groups excluding tert-OH is 1. The zero-order valence-electron chi connectivity index (χ0n) is 14.6. The molecule has 1 aromatic heterocycles. The molecule has 0 spiro atoms. The average molecular weight is 344 g/mol. The second kappa shape index (κ2) is 9.15. The van der Waals surface area contributed by atoms with Gasteiger partial charge in [-0.1, -0.05) is 29.8 Å². The Balaban J connectivity index is 2.19. The van der Waals surface area contributed by atoms with Crippen molar-refractivity contribution < 1.29 is 14.6 Å². The lowest BCUT2D eigenvalue weighted by atomic mass is 10.1. The number of benzene rings is 1. The number of carbonyl (C=O) groups excluding carboxylic acids is 1. The summed E-state index contributed by atoms with van der Waals surface area (Å²) in [5.74, 6) is -0.459. The lowest BCUT2D eigenvalue weighted by Gasteiger charge is -2.17. The summed E-state index contributed by atoms with van der Waals surface area (Å²) < 4.78 is 6.54. The number of nitrogens with one attached hydrogen (secondary N) is 1. The van der Waals surface area contributed by atoms with Gasteiger partial charge in [0.15, 0.2) is 0 Å². The van der Waals surface area contributed by atoms with E-state index in [-0.39, 0.29) is 30.4 Å². The van der Waals surface area contributed by atoms with E-state index in [1.807, 2.05) is 31.2 Å². The summed E-state index contributed by atoms with van der Waals surface area (Å²) in [7, 11) is 1.52. The molecule has 25 heavy (non-hydrogen) atoms. The van der Waals surface area contributed by atoms with Crippen molar-refractivity contribution >= 4 is 5.91 Å². The average Bonchev–Trinajstić information content (AvgIpc) is 2.57. The van der Waals surface area contributed by atoms with Gasteiger partial charge in [0.2, 0.25) is 0 Å². The second-order valence-electron chi connectivity index (χ2n) is 5.98. The minimum atomic E-state index is -0.459. The molecule has 0 bridgehead atoms. The Labute approximate surface area is 147 Å². The minimum Gasteiger partial charge on any atom is -0.396 e. The Morgan fingerprint density at radius 2 is 2.12 bits per heavy atom. The number of nitrogens with zero attached hydrogens (tertiary/aromatic N) is 1. The molecule has 0 saturated heterocycles. The molecule has 1 atom stereocenters. The van der Waals surface area contributed by atoms with Crippen LogP contribution in [0.4, 0.5) is 0 Å². The molecule has 0 radical (unpaired) electrons. The van der Waals surface area contributed by atoms with Crippen LogP contribution in [0.1, 0.15) is 27.9 Å². The molecule has 1 heterocycles. The van der Waals surface area contributed by atoms with Gasteiger partial charge in [0.25, 0.3) is 11.5 Å². The maximum Gasteiger partial charge on any atom is 0.263 e. The molecule has 6 nitrogen and oxygen atoms in total. The first-order chi connectivity index (χ1) is 12.0. The zero-order chi connectivity index (χ0) is 18.2. The highest BCUT2D eigenvalue weighted by molar-refractivity contribution is 5.94. The summed E-state index contributed by atoms with van der Waals surface area (Å²) in [5.41, 5.74) is 1.85. The van der Waals surface area contributed by atoms with Crippen molar-refractivity contribution in [3.8, 4) is 0 Å². The minimum absolute atomic E-state index is 0.0688. The summed E-state index contributed by atoms with van der Waals surface area (Å²) in [6.07, 6.45) is 2.03. The first-order valence-corrected chi connectivity index (χ1v) is 8.20. The van der Waals surface area contributed by atoms with Crippen molar-refractivity contribution in [1.82, 2.24) is 9.88 Å². The molecule has 0 fully saturated rings. The smallest absolute Gasteiger partial charge is 0.263 e. The van der Waals surface area contributed by atoms with E-state index in [4.69, 9.17) is 9.84 Å². The Morgan fingerprint density at radius 3 is 2.80 bits per heavy atom. The van der Waals surface area contributed by atoms with Crippen molar-refractivity contribution in [1.29, 1.82) is 0 Å². The molecule has 1 amide bonds. The summed E-state index contributed by atoms with van der Waals surface area (Å²) in [5, 5.41) is 11.8. The number of pyridine rings is 1. The molecule has 0 aliphatic carbocycles. The van der Waals surface area contributed by atoms with Gasteiger partial charge in [-0.15, -0.1) is 0 Å². The molecule has 0 aliphatic heterocycles. The molecule has 134 valence electrons. The molecule has 2 aromatic rings. The Kier molecular flexibility index (Phi) is 6.91. The van der Waals surface area contributed by atoms with Crippen LogP contribution < -0.4 is 10.9 Å². The number of hydrogen-bond donors (Lipinski definition) is 2. The van der Waals surface area contributed by atoms with Crippen molar-refractivity contribution in [3.63, 3.8) is 0 Å². The third-order valence-corrected chi connectivity index (χ3v) is 3.88. The van der Waals surface area contributed by atoms with Gasteiger partial charge in [0.05, 0.1) is 19.2 Å². The fraction of sp³-hybridized carbons (Fsp3) is 0.368. The maximum atomic E-state index is 12.6. The van der Waals surface area contributed by atoms with Crippen LogP contribution in [0, 0.1) is 6.92 Å². The van der Waals surface area contributed by atoms with Crippen molar-refractivity contribution in [3.05, 3.63) is 69.6 Å². The topological polar surface area (TPSA) is 80.6 Å². The Morgan fingerprint density at radius 1 is 1.32 bits per heavy atom. The van der Waals surface area contributed by atoms with Crippen LogP contribution in [0.25, 0.3) is 0 Å². The summed E-state index contributed by atoms with van der Waals surface area (Å²) >= 11 is 0. The van der Waals surface area contributed by atoms with Crippen LogP contribution in [-0.4, -0.2) is 41.9 Å². The summed E-state index contributed by atoms with van der Waals surface area (Å²) in [4.78, 5) is 25.0. The maximum absolute atomic E-state index is 12.6. The van der Waals surface area contributed by atoms with Gasteiger partial charge in [-0.25, -0.2) is 0 Å². The molecule has 6 heteroatoms. The van der Waals surface area contributed by atoms with E-state index in [1.54, 1.807) is 12.3 Å². The quantitative estimate of drug-likeness (QED) is 0.757. The molecular weight excluding hydrogens is 320 g/mol. The van der Waals surface area contributed by atoms with E-state index in [2.05, 4.69) is 5.32 Å². The van der Waals surface area contributed by atoms with Crippen LogP contribution in [0.2, 0.25) is 0 Å². The van der Waals surface area contributed by atoms with E-state index in [1.165, 1.54) is 17.7 Å². The molecule has 2 N–H and O–H groups in total. The van der Waals surface area contributed by atoms with Gasteiger partial charge in [-0.3, -0.25) is 9.59 Å². The lowest BCUT2D eigenvalue weighted by molar-refractivity contribution is 0.0876. The van der Waals surface area contributed by atoms with Gasteiger partial charge < -0.3 is 19.7 Å².